The molecule has 0 fully saturated rings. The molecular formula is C70H47N3. The van der Waals surface area contributed by atoms with Crippen LogP contribution in [0.1, 0.15) is 0 Å². The van der Waals surface area contributed by atoms with Crippen LogP contribution in [0.4, 0.5) is 0 Å². The molecule has 0 spiro atoms. The maximum atomic E-state index is 5.40. The molecule has 0 bridgehead atoms. The Morgan fingerprint density at radius 1 is 0.205 bits per heavy atom. The number of benzene rings is 11. The normalized spacial score (nSPS) is 11.3. The maximum absolute atomic E-state index is 5.40. The summed E-state index contributed by atoms with van der Waals surface area (Å²) in [4.78, 5) is 10.8. The minimum Gasteiger partial charge on any atom is -0.309 e. The molecule has 3 nitrogen and oxygen atoms in total. The highest BCUT2D eigenvalue weighted by Crippen LogP contribution is 2.37. The van der Waals surface area contributed by atoms with Gasteiger partial charge in [0.05, 0.1) is 22.4 Å². The Hall–Kier alpha value is -9.70. The maximum Gasteiger partial charge on any atom is 0.160 e. The van der Waals surface area contributed by atoms with E-state index in [4.69, 9.17) is 9.97 Å². The number of nitrogens with zero attached hydrogens (tertiary/aromatic N) is 3. The molecule has 73 heavy (non-hydrogen) atoms. The summed E-state index contributed by atoms with van der Waals surface area (Å²) in [5.74, 6) is 0.662. The van der Waals surface area contributed by atoms with E-state index in [1.165, 1.54) is 55.3 Å². The fourth-order valence-electron chi connectivity index (χ4n) is 10.3. The predicted molar refractivity (Wildman–Crippen MR) is 305 cm³/mol. The predicted octanol–water partition coefficient (Wildman–Crippen LogP) is 18.6. The van der Waals surface area contributed by atoms with Crippen LogP contribution in [0.5, 0.6) is 0 Å². The van der Waals surface area contributed by atoms with Gasteiger partial charge in [-0.25, -0.2) is 9.97 Å². The Morgan fingerprint density at radius 3 is 0.932 bits per heavy atom. The first-order chi connectivity index (χ1) is 36.1. The molecule has 0 amide bonds. The number of para-hydroxylation sites is 2. The van der Waals surface area contributed by atoms with Gasteiger partial charge >= 0.3 is 0 Å². The van der Waals surface area contributed by atoms with Crippen molar-refractivity contribution in [1.29, 1.82) is 0 Å². The highest BCUT2D eigenvalue weighted by molar-refractivity contribution is 6.09. The lowest BCUT2D eigenvalue weighted by molar-refractivity contribution is 1.16. The molecule has 0 saturated carbocycles. The topological polar surface area (TPSA) is 30.7 Å². The molecule has 2 heterocycles. The molecule has 0 unspecified atom stereocenters. The van der Waals surface area contributed by atoms with Crippen molar-refractivity contribution in [2.75, 3.05) is 0 Å². The highest BCUT2D eigenvalue weighted by Gasteiger charge is 2.16. The summed E-state index contributed by atoms with van der Waals surface area (Å²) >= 11 is 0. The second-order valence-corrected chi connectivity index (χ2v) is 18.6. The second kappa shape index (κ2) is 18.9. The van der Waals surface area contributed by atoms with Crippen molar-refractivity contribution in [3.63, 3.8) is 0 Å². The van der Waals surface area contributed by atoms with Crippen molar-refractivity contribution in [3.05, 3.63) is 285 Å². The highest BCUT2D eigenvalue weighted by atomic mass is 15.0. The number of aromatic nitrogens is 3. The number of fused-ring (bicyclic) bond motifs is 3. The average molecular weight is 930 g/mol. The van der Waals surface area contributed by atoms with Crippen LogP contribution in [-0.4, -0.2) is 14.5 Å². The van der Waals surface area contributed by atoms with Gasteiger partial charge in [-0.05, 0) is 127 Å². The third-order valence-electron chi connectivity index (χ3n) is 14.0. The van der Waals surface area contributed by atoms with E-state index < -0.39 is 0 Å². The monoisotopic (exact) mass is 929 g/mol. The number of hydrogen-bond donors (Lipinski definition) is 0. The zero-order valence-electron chi connectivity index (χ0n) is 40.0. The first-order valence-corrected chi connectivity index (χ1v) is 24.9. The van der Waals surface area contributed by atoms with E-state index in [-0.39, 0.29) is 0 Å². The average Bonchev–Trinajstić information content (AvgIpc) is 3.82. The molecular weight excluding hydrogens is 883 g/mol. The van der Waals surface area contributed by atoms with Crippen molar-refractivity contribution in [1.82, 2.24) is 14.5 Å². The molecule has 0 saturated heterocycles. The van der Waals surface area contributed by atoms with E-state index in [2.05, 4.69) is 290 Å². The minimum atomic E-state index is 0.662. The van der Waals surface area contributed by atoms with Gasteiger partial charge in [-0.3, -0.25) is 0 Å². The van der Waals surface area contributed by atoms with E-state index in [0.717, 1.165) is 67.1 Å². The molecule has 0 aliphatic rings. The van der Waals surface area contributed by atoms with Gasteiger partial charge in [-0.1, -0.05) is 224 Å². The third-order valence-corrected chi connectivity index (χ3v) is 14.0. The van der Waals surface area contributed by atoms with Gasteiger partial charge in [-0.15, -0.1) is 0 Å². The molecule has 13 rings (SSSR count). The van der Waals surface area contributed by atoms with Crippen LogP contribution < -0.4 is 0 Å². The molecule has 11 aromatic carbocycles. The van der Waals surface area contributed by atoms with Crippen LogP contribution in [-0.2, 0) is 0 Å². The molecule has 0 radical (unpaired) electrons. The van der Waals surface area contributed by atoms with Gasteiger partial charge in [0.1, 0.15) is 0 Å². The summed E-state index contributed by atoms with van der Waals surface area (Å²) in [6.45, 7) is 0. The van der Waals surface area contributed by atoms with Gasteiger partial charge in [0.2, 0.25) is 0 Å². The number of rotatable bonds is 10. The quantitative estimate of drug-likeness (QED) is 0.137. The summed E-state index contributed by atoms with van der Waals surface area (Å²) in [6.07, 6.45) is 0. The lowest BCUT2D eigenvalue weighted by Gasteiger charge is -2.13. The Morgan fingerprint density at radius 2 is 0.507 bits per heavy atom. The summed E-state index contributed by atoms with van der Waals surface area (Å²) < 4.78 is 2.35. The molecule has 0 aliphatic carbocycles. The van der Waals surface area contributed by atoms with Crippen LogP contribution >= 0.6 is 0 Å². The Labute approximate surface area is 425 Å². The first kappa shape index (κ1) is 43.3. The Kier molecular flexibility index (Phi) is 11.2. The van der Waals surface area contributed by atoms with Gasteiger partial charge in [-0.2, -0.15) is 0 Å². The molecule has 0 N–H and O–H groups in total. The Bertz CT molecular complexity index is 4080. The van der Waals surface area contributed by atoms with Crippen molar-refractivity contribution in [2.45, 2.75) is 0 Å². The van der Waals surface area contributed by atoms with Crippen LogP contribution in [0.3, 0.4) is 0 Å². The van der Waals surface area contributed by atoms with Gasteiger partial charge in [0.15, 0.2) is 5.82 Å². The van der Waals surface area contributed by atoms with E-state index in [1.54, 1.807) is 0 Å². The summed E-state index contributed by atoms with van der Waals surface area (Å²) in [6, 6.07) is 102. The zero-order valence-corrected chi connectivity index (χ0v) is 40.0. The third kappa shape index (κ3) is 8.60. The number of hydrogen-bond acceptors (Lipinski definition) is 2. The lowest BCUT2D eigenvalue weighted by Crippen LogP contribution is -1.98. The molecule has 342 valence electrons. The summed E-state index contributed by atoms with van der Waals surface area (Å²) in [5, 5.41) is 2.45. The molecule has 0 atom stereocenters. The molecule has 3 heteroatoms. The van der Waals surface area contributed by atoms with Crippen molar-refractivity contribution >= 4 is 21.8 Å². The SMILES string of the molecule is c1ccc(-c2cccc(-c3cccc(-c4ccc(-c5cccc(-c6cc(-c7cccc(-c8cccc(-c9ccccc9)c8)c7)nc(-c7cccc(-n8c9ccccc9c9ccccc98)c7)n6)c5)cc4)c3)c2)cc1. The van der Waals surface area contributed by atoms with Gasteiger partial charge in [0.25, 0.3) is 0 Å². The van der Waals surface area contributed by atoms with Crippen LogP contribution in [0, 0.1) is 0 Å². The van der Waals surface area contributed by atoms with E-state index >= 15 is 0 Å². The van der Waals surface area contributed by atoms with E-state index in [9.17, 15) is 0 Å². The largest absolute Gasteiger partial charge is 0.309 e. The first-order valence-electron chi connectivity index (χ1n) is 24.9. The summed E-state index contributed by atoms with van der Waals surface area (Å²) in [5.41, 5.74) is 22.1. The fraction of sp³-hybridized carbons (Fsp3) is 0. The minimum absolute atomic E-state index is 0.662. The van der Waals surface area contributed by atoms with Crippen molar-refractivity contribution in [3.8, 4) is 106 Å². The van der Waals surface area contributed by atoms with Gasteiger partial charge in [0, 0.05) is 33.2 Å². The van der Waals surface area contributed by atoms with Crippen LogP contribution in [0.2, 0.25) is 0 Å². The van der Waals surface area contributed by atoms with E-state index in [1.807, 2.05) is 0 Å². The van der Waals surface area contributed by atoms with Crippen molar-refractivity contribution < 1.29 is 0 Å². The Balaban J connectivity index is 0.874. The summed E-state index contributed by atoms with van der Waals surface area (Å²) in [7, 11) is 0. The van der Waals surface area contributed by atoms with Crippen LogP contribution in [0.15, 0.2) is 285 Å². The zero-order chi connectivity index (χ0) is 48.5. The van der Waals surface area contributed by atoms with Crippen LogP contribution in [0.25, 0.3) is 128 Å². The standard InChI is InChI=1S/C70H47N3/c1-3-17-48(18-4-1)52-21-11-25-56(41-52)57-26-13-23-54(43-57)50-37-39-51(40-38-50)55-24-14-29-60(44-55)66-47-67(61-30-15-28-59(45-61)58-27-12-22-53(42-58)49-19-5-2-6-20-49)72-70(71-66)62-31-16-32-63(46-62)73-68-35-9-7-33-64(68)65-34-8-10-36-69(65)73/h1-47H. The fourth-order valence-corrected chi connectivity index (χ4v) is 10.3. The second-order valence-electron chi connectivity index (χ2n) is 18.6. The smallest absolute Gasteiger partial charge is 0.160 e. The van der Waals surface area contributed by atoms with Gasteiger partial charge < -0.3 is 4.57 Å². The molecule has 13 aromatic rings. The molecule has 2 aromatic heterocycles. The lowest BCUT2D eigenvalue weighted by atomic mass is 9.95. The van der Waals surface area contributed by atoms with E-state index in [0.29, 0.717) is 5.82 Å². The van der Waals surface area contributed by atoms with Crippen molar-refractivity contribution in [2.24, 2.45) is 0 Å². The molecule has 0 aliphatic heterocycles.